The van der Waals surface area contributed by atoms with Crippen LogP contribution in [0.3, 0.4) is 0 Å². The van der Waals surface area contributed by atoms with E-state index in [9.17, 15) is 9.90 Å². The van der Waals surface area contributed by atoms with E-state index in [1.165, 1.54) is 6.42 Å². The third kappa shape index (κ3) is 3.46. The number of carboxylic acids is 1. The van der Waals surface area contributed by atoms with Crippen molar-refractivity contribution in [1.29, 1.82) is 0 Å². The molecule has 0 amide bonds. The highest BCUT2D eigenvalue weighted by Gasteiger charge is 2.33. The van der Waals surface area contributed by atoms with Crippen LogP contribution in [0.4, 0.5) is 0 Å². The van der Waals surface area contributed by atoms with Crippen molar-refractivity contribution in [2.24, 2.45) is 5.92 Å². The van der Waals surface area contributed by atoms with Crippen LogP contribution in [0.1, 0.15) is 33.1 Å². The molecule has 1 rings (SSSR count). The largest absolute Gasteiger partial charge is 0.480 e. The highest BCUT2D eigenvalue weighted by Crippen LogP contribution is 2.21. The second-order valence-corrected chi connectivity index (χ2v) is 5.06. The van der Waals surface area contributed by atoms with Gasteiger partial charge in [0.05, 0.1) is 0 Å². The highest BCUT2D eigenvalue weighted by molar-refractivity contribution is 5.74. The molecular weight excluding hydrogens is 204 g/mol. The number of hydrogen-bond acceptors (Lipinski definition) is 3. The predicted molar refractivity (Wildman–Crippen MR) is 64.5 cm³/mol. The summed E-state index contributed by atoms with van der Waals surface area (Å²) >= 11 is 0. The molecule has 1 aliphatic rings. The maximum Gasteiger partial charge on any atom is 0.322 e. The summed E-state index contributed by atoms with van der Waals surface area (Å²) < 4.78 is 0. The molecule has 2 unspecified atom stereocenters. The quantitative estimate of drug-likeness (QED) is 0.741. The second kappa shape index (κ2) is 6.21. The molecule has 4 nitrogen and oxygen atoms in total. The van der Waals surface area contributed by atoms with Gasteiger partial charge in [-0.1, -0.05) is 20.3 Å². The van der Waals surface area contributed by atoms with E-state index >= 15 is 0 Å². The van der Waals surface area contributed by atoms with Crippen LogP contribution in [0.25, 0.3) is 0 Å². The van der Waals surface area contributed by atoms with Gasteiger partial charge in [0.1, 0.15) is 6.04 Å². The number of carbonyl (C=O) groups is 1. The lowest BCUT2D eigenvalue weighted by Crippen LogP contribution is -2.55. The summed E-state index contributed by atoms with van der Waals surface area (Å²) in [5.41, 5.74) is 0. The van der Waals surface area contributed by atoms with Gasteiger partial charge in [0.25, 0.3) is 0 Å². The van der Waals surface area contributed by atoms with Crippen LogP contribution >= 0.6 is 0 Å². The number of carboxylic acid groups (broad SMARTS) is 1. The minimum atomic E-state index is -0.733. The molecule has 4 heteroatoms. The summed E-state index contributed by atoms with van der Waals surface area (Å²) in [6.07, 6.45) is 3.33. The molecule has 1 fully saturated rings. The van der Waals surface area contributed by atoms with Gasteiger partial charge >= 0.3 is 5.97 Å². The van der Waals surface area contributed by atoms with Crippen molar-refractivity contribution in [3.8, 4) is 0 Å². The van der Waals surface area contributed by atoms with Gasteiger partial charge in [0.15, 0.2) is 0 Å². The molecule has 2 atom stereocenters. The summed E-state index contributed by atoms with van der Waals surface area (Å²) in [6.45, 7) is 6.39. The molecule has 0 bridgehead atoms. The lowest BCUT2D eigenvalue weighted by atomic mass is 9.94. The smallest absolute Gasteiger partial charge is 0.322 e. The van der Waals surface area contributed by atoms with Gasteiger partial charge in [-0.15, -0.1) is 0 Å². The molecule has 0 aliphatic carbocycles. The zero-order chi connectivity index (χ0) is 12.1. The normalized spacial score (nSPS) is 24.6. The Morgan fingerprint density at radius 3 is 2.69 bits per heavy atom. The third-order valence-electron chi connectivity index (χ3n) is 3.23. The van der Waals surface area contributed by atoms with E-state index in [-0.39, 0.29) is 6.04 Å². The second-order valence-electron chi connectivity index (χ2n) is 5.06. The van der Waals surface area contributed by atoms with Crippen molar-refractivity contribution in [3.63, 3.8) is 0 Å². The Labute approximate surface area is 98.0 Å². The van der Waals surface area contributed by atoms with Gasteiger partial charge in [-0.3, -0.25) is 9.69 Å². The average Bonchev–Trinajstić information content (AvgIpc) is 2.20. The molecule has 1 heterocycles. The number of rotatable bonds is 5. The topological polar surface area (TPSA) is 52.6 Å². The number of nitrogens with one attached hydrogen (secondary N) is 1. The molecule has 0 aromatic heterocycles. The molecule has 0 aromatic carbocycles. The number of aliphatic carboxylic acids is 1. The standard InChI is InChI=1S/C12H24N2O2/c1-9(2)8-14-7-5-4-6-10(14)11(13-3)12(15)16/h9-11,13H,4-8H2,1-3H3,(H,15,16). The van der Waals surface area contributed by atoms with Crippen molar-refractivity contribution >= 4 is 5.97 Å². The molecular formula is C12H24N2O2. The number of piperidine rings is 1. The maximum absolute atomic E-state index is 11.2. The Kier molecular flexibility index (Phi) is 5.22. The molecule has 0 spiro atoms. The Balaban J connectivity index is 2.68. The summed E-state index contributed by atoms with van der Waals surface area (Å²) in [6, 6.07) is -0.280. The van der Waals surface area contributed by atoms with E-state index in [0.717, 1.165) is 25.9 Å². The molecule has 0 radical (unpaired) electrons. The van der Waals surface area contributed by atoms with Crippen molar-refractivity contribution < 1.29 is 9.90 Å². The first kappa shape index (κ1) is 13.5. The van der Waals surface area contributed by atoms with Crippen LogP contribution in [0.5, 0.6) is 0 Å². The maximum atomic E-state index is 11.2. The number of likely N-dealkylation sites (tertiary alicyclic amines) is 1. The summed E-state index contributed by atoms with van der Waals surface area (Å²) in [5.74, 6) is -0.143. The highest BCUT2D eigenvalue weighted by atomic mass is 16.4. The van der Waals surface area contributed by atoms with Gasteiger partial charge in [-0.05, 0) is 32.4 Å². The lowest BCUT2D eigenvalue weighted by Gasteiger charge is -2.39. The first-order chi connectivity index (χ1) is 7.56. The van der Waals surface area contributed by atoms with E-state index in [0.29, 0.717) is 5.92 Å². The van der Waals surface area contributed by atoms with Crippen LogP contribution in [-0.4, -0.2) is 48.2 Å². The van der Waals surface area contributed by atoms with E-state index in [4.69, 9.17) is 0 Å². The zero-order valence-corrected chi connectivity index (χ0v) is 10.6. The summed E-state index contributed by atoms with van der Waals surface area (Å²) in [5, 5.41) is 12.1. The Morgan fingerprint density at radius 1 is 1.50 bits per heavy atom. The Morgan fingerprint density at radius 2 is 2.19 bits per heavy atom. The Bertz CT molecular complexity index is 231. The van der Waals surface area contributed by atoms with E-state index in [1.807, 2.05) is 0 Å². The monoisotopic (exact) mass is 228 g/mol. The summed E-state index contributed by atoms with van der Waals surface area (Å²) in [7, 11) is 1.74. The molecule has 2 N–H and O–H groups in total. The van der Waals surface area contributed by atoms with Gasteiger partial charge in [0, 0.05) is 12.6 Å². The lowest BCUT2D eigenvalue weighted by molar-refractivity contribution is -0.141. The van der Waals surface area contributed by atoms with Crippen LogP contribution in [0.15, 0.2) is 0 Å². The number of nitrogens with zero attached hydrogens (tertiary/aromatic N) is 1. The fourth-order valence-corrected chi connectivity index (χ4v) is 2.57. The van der Waals surface area contributed by atoms with Gasteiger partial charge in [-0.2, -0.15) is 0 Å². The molecule has 1 saturated heterocycles. The van der Waals surface area contributed by atoms with Crippen LogP contribution < -0.4 is 5.32 Å². The molecule has 1 aliphatic heterocycles. The van der Waals surface area contributed by atoms with E-state index in [1.54, 1.807) is 7.05 Å². The van der Waals surface area contributed by atoms with Crippen LogP contribution in [0, 0.1) is 5.92 Å². The van der Waals surface area contributed by atoms with Crippen LogP contribution in [-0.2, 0) is 4.79 Å². The van der Waals surface area contributed by atoms with E-state index in [2.05, 4.69) is 24.1 Å². The molecule has 16 heavy (non-hydrogen) atoms. The van der Waals surface area contributed by atoms with Crippen molar-refractivity contribution in [3.05, 3.63) is 0 Å². The summed E-state index contributed by atoms with van der Waals surface area (Å²) in [4.78, 5) is 13.5. The van der Waals surface area contributed by atoms with Gasteiger partial charge in [0.2, 0.25) is 0 Å². The zero-order valence-electron chi connectivity index (χ0n) is 10.6. The minimum Gasteiger partial charge on any atom is -0.480 e. The first-order valence-electron chi connectivity index (χ1n) is 6.20. The molecule has 0 aromatic rings. The fourth-order valence-electron chi connectivity index (χ4n) is 2.57. The first-order valence-corrected chi connectivity index (χ1v) is 6.20. The molecule has 0 saturated carbocycles. The predicted octanol–water partition coefficient (Wildman–Crippen LogP) is 1.17. The number of likely N-dealkylation sites (N-methyl/N-ethyl adjacent to an activating group) is 1. The van der Waals surface area contributed by atoms with Crippen molar-refractivity contribution in [2.75, 3.05) is 20.1 Å². The molecule has 94 valence electrons. The SMILES string of the molecule is CNC(C(=O)O)C1CCCCN1CC(C)C. The fraction of sp³-hybridized carbons (Fsp3) is 0.917. The van der Waals surface area contributed by atoms with Crippen LogP contribution in [0.2, 0.25) is 0 Å². The van der Waals surface area contributed by atoms with Crippen molar-refractivity contribution in [2.45, 2.75) is 45.2 Å². The van der Waals surface area contributed by atoms with Crippen molar-refractivity contribution in [1.82, 2.24) is 10.2 Å². The minimum absolute atomic E-state index is 0.152. The van der Waals surface area contributed by atoms with Gasteiger partial charge in [-0.25, -0.2) is 0 Å². The van der Waals surface area contributed by atoms with E-state index < -0.39 is 12.0 Å². The Hall–Kier alpha value is -0.610. The van der Waals surface area contributed by atoms with Gasteiger partial charge < -0.3 is 10.4 Å². The average molecular weight is 228 g/mol. The number of hydrogen-bond donors (Lipinski definition) is 2. The third-order valence-corrected chi connectivity index (χ3v) is 3.23.